The Bertz CT molecular complexity index is 1040. The molecule has 0 saturated carbocycles. The van der Waals surface area contributed by atoms with Crippen molar-refractivity contribution in [2.24, 2.45) is 0 Å². The Hall–Kier alpha value is -2.50. The maximum Gasteiger partial charge on any atom is 0.321 e. The summed E-state index contributed by atoms with van der Waals surface area (Å²) in [5.41, 5.74) is 0.925. The number of aryl methyl sites for hydroxylation is 1. The van der Waals surface area contributed by atoms with Gasteiger partial charge in [0.2, 0.25) is 20.9 Å². The first kappa shape index (κ1) is 20.2. The fourth-order valence-corrected chi connectivity index (χ4v) is 4.53. The first-order valence-electron chi connectivity index (χ1n) is 8.71. The molecule has 2 heterocycles. The van der Waals surface area contributed by atoms with Crippen LogP contribution in [-0.2, 0) is 14.8 Å². The van der Waals surface area contributed by atoms with Gasteiger partial charge >= 0.3 is 5.97 Å². The summed E-state index contributed by atoms with van der Waals surface area (Å²) >= 11 is 1.28. The monoisotopic (exact) mass is 423 g/mol. The van der Waals surface area contributed by atoms with E-state index < -0.39 is 22.0 Å². The van der Waals surface area contributed by atoms with Crippen LogP contribution in [0.15, 0.2) is 41.6 Å². The molecule has 0 saturated heterocycles. The Morgan fingerprint density at radius 3 is 2.75 bits per heavy atom. The van der Waals surface area contributed by atoms with E-state index in [1.807, 2.05) is 17.5 Å². The average Bonchev–Trinajstić information content (AvgIpc) is 3.25. The Morgan fingerprint density at radius 2 is 2.04 bits per heavy atom. The molecule has 1 atom stereocenters. The Labute approximate surface area is 166 Å². The first-order valence-corrected chi connectivity index (χ1v) is 11.0. The third-order valence-corrected chi connectivity index (χ3v) is 6.40. The Kier molecular flexibility index (Phi) is 6.27. The van der Waals surface area contributed by atoms with Gasteiger partial charge in [0.15, 0.2) is 0 Å². The number of imidazole rings is 1. The van der Waals surface area contributed by atoms with Crippen molar-refractivity contribution in [2.75, 3.05) is 11.9 Å². The van der Waals surface area contributed by atoms with Gasteiger partial charge < -0.3 is 10.4 Å². The summed E-state index contributed by atoms with van der Waals surface area (Å²) in [6, 6.07) is 5.10. The van der Waals surface area contributed by atoms with Crippen molar-refractivity contribution in [2.45, 2.75) is 37.1 Å². The number of unbranched alkanes of at least 4 members (excludes halogenated alkanes) is 1. The fourth-order valence-electron chi connectivity index (χ4n) is 2.64. The number of nitrogens with zero attached hydrogens (tertiary/aromatic N) is 3. The van der Waals surface area contributed by atoms with E-state index in [1.165, 1.54) is 23.7 Å². The van der Waals surface area contributed by atoms with E-state index in [2.05, 4.69) is 19.4 Å². The molecule has 3 rings (SSSR count). The summed E-state index contributed by atoms with van der Waals surface area (Å²) in [6.45, 7) is 2.44. The van der Waals surface area contributed by atoms with Crippen LogP contribution in [0, 0.1) is 6.92 Å². The minimum atomic E-state index is -3.88. The third-order valence-electron chi connectivity index (χ3n) is 4.18. The van der Waals surface area contributed by atoms with E-state index in [1.54, 1.807) is 18.3 Å². The number of sulfonamides is 1. The number of fused-ring (bicyclic) bond motifs is 1. The number of hydrogen-bond donors (Lipinski definition) is 3. The van der Waals surface area contributed by atoms with Crippen LogP contribution in [0.3, 0.4) is 0 Å². The van der Waals surface area contributed by atoms with Gasteiger partial charge in [-0.1, -0.05) is 17.7 Å². The van der Waals surface area contributed by atoms with Crippen molar-refractivity contribution < 1.29 is 18.3 Å². The molecule has 3 aromatic rings. The lowest BCUT2D eigenvalue weighted by atomic mass is 10.1. The van der Waals surface area contributed by atoms with Crippen LogP contribution in [-0.4, -0.2) is 45.8 Å². The van der Waals surface area contributed by atoms with Crippen LogP contribution < -0.4 is 10.0 Å². The summed E-state index contributed by atoms with van der Waals surface area (Å²) in [5, 5.41) is 12.5. The molecule has 0 radical (unpaired) electrons. The quantitative estimate of drug-likeness (QED) is 0.426. The first-order chi connectivity index (χ1) is 13.4. The summed E-state index contributed by atoms with van der Waals surface area (Å²) in [5.74, 6) is -0.504. The predicted molar refractivity (Wildman–Crippen MR) is 106 cm³/mol. The number of aliphatic carboxylic acids is 1. The highest BCUT2D eigenvalue weighted by Gasteiger charge is 2.24. The Balaban J connectivity index is 1.50. The molecule has 0 amide bonds. The van der Waals surface area contributed by atoms with Gasteiger partial charge in [0.25, 0.3) is 0 Å². The van der Waals surface area contributed by atoms with Gasteiger partial charge in [-0.3, -0.25) is 9.20 Å². The maximum atomic E-state index is 12.4. The van der Waals surface area contributed by atoms with Gasteiger partial charge in [-0.2, -0.15) is 9.10 Å². The topological polar surface area (TPSA) is 126 Å². The molecule has 3 N–H and O–H groups in total. The highest BCUT2D eigenvalue weighted by atomic mass is 32.2. The van der Waals surface area contributed by atoms with E-state index in [0.717, 1.165) is 10.5 Å². The van der Waals surface area contributed by atoms with Crippen LogP contribution >= 0.6 is 11.5 Å². The van der Waals surface area contributed by atoms with Gasteiger partial charge in [-0.15, -0.1) is 0 Å². The van der Waals surface area contributed by atoms with E-state index in [0.29, 0.717) is 25.3 Å². The zero-order chi connectivity index (χ0) is 20.1. The molecule has 1 unspecified atom stereocenters. The second kappa shape index (κ2) is 8.67. The molecular formula is C17H21N5O4S2. The van der Waals surface area contributed by atoms with Crippen LogP contribution in [0.5, 0.6) is 0 Å². The number of carboxylic acids is 1. The largest absolute Gasteiger partial charge is 0.480 e. The van der Waals surface area contributed by atoms with Crippen molar-refractivity contribution in [3.8, 4) is 0 Å². The lowest BCUT2D eigenvalue weighted by molar-refractivity contribution is -0.139. The second-order valence-electron chi connectivity index (χ2n) is 6.33. The molecule has 9 nitrogen and oxygen atoms in total. The van der Waals surface area contributed by atoms with E-state index in [9.17, 15) is 18.3 Å². The number of rotatable bonds is 10. The number of hydrogen-bond acceptors (Lipinski definition) is 7. The fraction of sp³-hybridized carbons (Fsp3) is 0.353. The van der Waals surface area contributed by atoms with Gasteiger partial charge in [-0.05, 0) is 38.3 Å². The van der Waals surface area contributed by atoms with Crippen LogP contribution in [0.2, 0.25) is 0 Å². The average molecular weight is 424 g/mol. The highest BCUT2D eigenvalue weighted by Crippen LogP contribution is 2.15. The number of benzene rings is 1. The molecule has 150 valence electrons. The lowest BCUT2D eigenvalue weighted by Crippen LogP contribution is -2.40. The van der Waals surface area contributed by atoms with Crippen molar-refractivity contribution in [3.63, 3.8) is 0 Å². The smallest absolute Gasteiger partial charge is 0.321 e. The van der Waals surface area contributed by atoms with E-state index >= 15 is 0 Å². The SMILES string of the molecule is Cc1ccc(S(=O)(=O)NC(CCCCNc2nsc3nccn23)C(=O)O)cc1. The van der Waals surface area contributed by atoms with Crippen LogP contribution in [0.1, 0.15) is 24.8 Å². The van der Waals surface area contributed by atoms with Crippen molar-refractivity contribution in [1.82, 2.24) is 18.5 Å². The third kappa shape index (κ3) is 4.86. The molecule has 0 spiro atoms. The highest BCUT2D eigenvalue weighted by molar-refractivity contribution is 7.89. The molecule has 0 fully saturated rings. The van der Waals surface area contributed by atoms with Gasteiger partial charge in [0.1, 0.15) is 6.04 Å². The molecule has 0 bridgehead atoms. The van der Waals surface area contributed by atoms with E-state index in [4.69, 9.17) is 0 Å². The lowest BCUT2D eigenvalue weighted by Gasteiger charge is -2.15. The minimum Gasteiger partial charge on any atom is -0.480 e. The normalized spacial score (nSPS) is 12.9. The molecule has 0 aliphatic heterocycles. The summed E-state index contributed by atoms with van der Waals surface area (Å²) in [4.78, 5) is 16.5. The maximum absolute atomic E-state index is 12.4. The molecule has 0 aliphatic rings. The van der Waals surface area contributed by atoms with Crippen molar-refractivity contribution in [1.29, 1.82) is 0 Å². The van der Waals surface area contributed by atoms with Gasteiger partial charge in [0.05, 0.1) is 4.90 Å². The summed E-state index contributed by atoms with van der Waals surface area (Å²) < 4.78 is 33.2. The Morgan fingerprint density at radius 1 is 1.29 bits per heavy atom. The van der Waals surface area contributed by atoms with Crippen LogP contribution in [0.4, 0.5) is 5.95 Å². The molecule has 1 aromatic carbocycles. The van der Waals surface area contributed by atoms with E-state index in [-0.39, 0.29) is 11.3 Å². The molecule has 2 aromatic heterocycles. The number of nitrogens with one attached hydrogen (secondary N) is 2. The standard InChI is InChI=1S/C17H21N5O4S2/c1-12-5-7-13(8-6-12)28(25,26)21-14(15(23)24)4-2-3-9-18-16-20-27-17-19-10-11-22(16)17/h5-8,10-11,14,21H,2-4,9H2,1H3,(H,18,20)(H,23,24). The van der Waals surface area contributed by atoms with Gasteiger partial charge in [0, 0.05) is 30.5 Å². The molecule has 11 heteroatoms. The molecule has 28 heavy (non-hydrogen) atoms. The number of anilines is 1. The predicted octanol–water partition coefficient (Wildman–Crippen LogP) is 2.11. The zero-order valence-corrected chi connectivity index (χ0v) is 16.8. The second-order valence-corrected chi connectivity index (χ2v) is 8.78. The molecular weight excluding hydrogens is 402 g/mol. The summed E-state index contributed by atoms with van der Waals surface area (Å²) in [6.07, 6.45) is 4.90. The van der Waals surface area contributed by atoms with Gasteiger partial charge in [-0.25, -0.2) is 13.4 Å². The van der Waals surface area contributed by atoms with Crippen molar-refractivity contribution >= 4 is 38.4 Å². The summed E-state index contributed by atoms with van der Waals surface area (Å²) in [7, 11) is -3.88. The number of aromatic nitrogens is 3. The number of carboxylic acid groups (broad SMARTS) is 1. The zero-order valence-electron chi connectivity index (χ0n) is 15.2. The van der Waals surface area contributed by atoms with Crippen LogP contribution in [0.25, 0.3) is 4.96 Å². The minimum absolute atomic E-state index is 0.0545. The number of carbonyl (C=O) groups is 1. The molecule has 0 aliphatic carbocycles. The van der Waals surface area contributed by atoms with Crippen molar-refractivity contribution in [3.05, 3.63) is 42.2 Å².